The topological polar surface area (TPSA) is 0 Å². The van der Waals surface area contributed by atoms with Gasteiger partial charge in [0.2, 0.25) is 0 Å². The average molecular weight is 248 g/mol. The molecule has 0 amide bonds. The van der Waals surface area contributed by atoms with E-state index in [2.05, 4.69) is 0 Å². The number of rotatable bonds is 1. The summed E-state index contributed by atoms with van der Waals surface area (Å²) in [5, 5.41) is 0. The highest BCUT2D eigenvalue weighted by molar-refractivity contribution is 7.98. The van der Waals surface area contributed by atoms with E-state index in [0.29, 0.717) is 5.56 Å². The SMILES string of the molecule is CSc1ccc(C(C)(C)C)cc1C(F)(F)F. The van der Waals surface area contributed by atoms with Crippen LogP contribution in [0, 0.1) is 0 Å². The van der Waals surface area contributed by atoms with E-state index in [9.17, 15) is 13.2 Å². The molecule has 0 spiro atoms. The van der Waals surface area contributed by atoms with E-state index >= 15 is 0 Å². The van der Waals surface area contributed by atoms with Crippen molar-refractivity contribution in [3.63, 3.8) is 0 Å². The summed E-state index contributed by atoms with van der Waals surface area (Å²) in [7, 11) is 0. The average Bonchev–Trinajstić information content (AvgIpc) is 2.14. The smallest absolute Gasteiger partial charge is 0.166 e. The molecule has 0 fully saturated rings. The largest absolute Gasteiger partial charge is 0.417 e. The predicted molar refractivity (Wildman–Crippen MR) is 61.9 cm³/mol. The molecule has 0 saturated carbocycles. The first-order chi connectivity index (χ1) is 7.16. The molecule has 0 aliphatic rings. The molecule has 0 aliphatic carbocycles. The van der Waals surface area contributed by atoms with Crippen LogP contribution in [0.5, 0.6) is 0 Å². The molecule has 0 unspecified atom stereocenters. The zero-order valence-electron chi connectivity index (χ0n) is 9.77. The maximum atomic E-state index is 12.8. The normalized spacial score (nSPS) is 12.9. The van der Waals surface area contributed by atoms with Crippen molar-refractivity contribution >= 4 is 11.8 Å². The van der Waals surface area contributed by atoms with Crippen molar-refractivity contribution < 1.29 is 13.2 Å². The monoisotopic (exact) mass is 248 g/mol. The summed E-state index contributed by atoms with van der Waals surface area (Å²) in [5.74, 6) is 0. The quantitative estimate of drug-likeness (QED) is 0.648. The van der Waals surface area contributed by atoms with Gasteiger partial charge in [0.05, 0.1) is 5.56 Å². The predicted octanol–water partition coefficient (Wildman–Crippen LogP) is 4.72. The molecule has 90 valence electrons. The Bertz CT molecular complexity index is 375. The maximum Gasteiger partial charge on any atom is 0.417 e. The van der Waals surface area contributed by atoms with Crippen molar-refractivity contribution in [3.8, 4) is 0 Å². The molecule has 16 heavy (non-hydrogen) atoms. The zero-order chi connectivity index (χ0) is 12.6. The molecule has 1 aromatic rings. The minimum absolute atomic E-state index is 0.267. The van der Waals surface area contributed by atoms with Crippen molar-refractivity contribution in [1.29, 1.82) is 0 Å². The lowest BCUT2D eigenvalue weighted by atomic mass is 9.86. The molecule has 4 heteroatoms. The van der Waals surface area contributed by atoms with Gasteiger partial charge < -0.3 is 0 Å². The second kappa shape index (κ2) is 4.32. The number of thioether (sulfide) groups is 1. The van der Waals surface area contributed by atoms with Crippen LogP contribution in [-0.2, 0) is 11.6 Å². The van der Waals surface area contributed by atoms with Crippen molar-refractivity contribution in [2.24, 2.45) is 0 Å². The van der Waals surface area contributed by atoms with Gasteiger partial charge in [-0.25, -0.2) is 0 Å². The molecule has 0 aliphatic heterocycles. The number of benzene rings is 1. The van der Waals surface area contributed by atoms with Crippen molar-refractivity contribution in [2.45, 2.75) is 37.3 Å². The Morgan fingerprint density at radius 1 is 1.06 bits per heavy atom. The first-order valence-corrected chi connectivity index (χ1v) is 6.14. The number of hydrogen-bond donors (Lipinski definition) is 0. The summed E-state index contributed by atoms with van der Waals surface area (Å²) < 4.78 is 38.4. The molecule has 0 aromatic heterocycles. The van der Waals surface area contributed by atoms with E-state index in [-0.39, 0.29) is 10.3 Å². The van der Waals surface area contributed by atoms with E-state index in [1.165, 1.54) is 6.07 Å². The Hall–Kier alpha value is -0.640. The summed E-state index contributed by atoms with van der Waals surface area (Å²) in [6.45, 7) is 5.71. The van der Waals surface area contributed by atoms with Gasteiger partial charge >= 0.3 is 6.18 Å². The maximum absolute atomic E-state index is 12.8. The minimum Gasteiger partial charge on any atom is -0.166 e. The van der Waals surface area contributed by atoms with Gasteiger partial charge in [-0.05, 0) is 29.4 Å². The van der Waals surface area contributed by atoms with E-state index in [1.807, 2.05) is 20.8 Å². The Labute approximate surface area is 98.2 Å². The summed E-state index contributed by atoms with van der Waals surface area (Å²) in [5.41, 5.74) is -0.0956. The summed E-state index contributed by atoms with van der Waals surface area (Å²) >= 11 is 1.12. The Morgan fingerprint density at radius 3 is 2.00 bits per heavy atom. The second-order valence-corrected chi connectivity index (χ2v) is 5.51. The third-order valence-electron chi connectivity index (χ3n) is 2.37. The van der Waals surface area contributed by atoms with Crippen LogP contribution in [0.15, 0.2) is 23.1 Å². The fourth-order valence-electron chi connectivity index (χ4n) is 1.40. The van der Waals surface area contributed by atoms with Gasteiger partial charge in [0.1, 0.15) is 0 Å². The van der Waals surface area contributed by atoms with Crippen LogP contribution < -0.4 is 0 Å². The molecule has 0 bridgehead atoms. The van der Waals surface area contributed by atoms with Gasteiger partial charge in [-0.1, -0.05) is 26.8 Å². The number of alkyl halides is 3. The fourth-order valence-corrected chi connectivity index (χ4v) is 1.99. The van der Waals surface area contributed by atoms with E-state index in [1.54, 1.807) is 18.4 Å². The third kappa shape index (κ3) is 2.94. The van der Waals surface area contributed by atoms with Crippen LogP contribution in [-0.4, -0.2) is 6.26 Å². The Kier molecular flexibility index (Phi) is 3.62. The third-order valence-corrected chi connectivity index (χ3v) is 3.17. The van der Waals surface area contributed by atoms with E-state index in [0.717, 1.165) is 11.8 Å². The molecule has 1 aromatic carbocycles. The van der Waals surface area contributed by atoms with Gasteiger partial charge in [0.15, 0.2) is 0 Å². The molecule has 0 radical (unpaired) electrons. The Morgan fingerprint density at radius 2 is 1.62 bits per heavy atom. The molecule has 0 nitrogen and oxygen atoms in total. The first-order valence-electron chi connectivity index (χ1n) is 4.92. The fraction of sp³-hybridized carbons (Fsp3) is 0.500. The number of halogens is 3. The van der Waals surface area contributed by atoms with Gasteiger partial charge in [0.25, 0.3) is 0 Å². The molecular formula is C12H15F3S. The standard InChI is InChI=1S/C12H15F3S/c1-11(2,3)8-5-6-10(16-4)9(7-8)12(13,14)15/h5-7H,1-4H3. The zero-order valence-corrected chi connectivity index (χ0v) is 10.6. The highest BCUT2D eigenvalue weighted by Gasteiger charge is 2.34. The van der Waals surface area contributed by atoms with Crippen LogP contribution in [0.2, 0.25) is 0 Å². The van der Waals surface area contributed by atoms with Crippen LogP contribution in [0.25, 0.3) is 0 Å². The molecular weight excluding hydrogens is 233 g/mol. The van der Waals surface area contributed by atoms with Crippen LogP contribution in [0.3, 0.4) is 0 Å². The summed E-state index contributed by atoms with van der Waals surface area (Å²) in [4.78, 5) is 0.278. The minimum atomic E-state index is -4.28. The highest BCUT2D eigenvalue weighted by atomic mass is 32.2. The summed E-state index contributed by atoms with van der Waals surface area (Å²) in [6.07, 6.45) is -2.62. The second-order valence-electron chi connectivity index (χ2n) is 4.66. The molecule has 0 atom stereocenters. The molecule has 0 N–H and O–H groups in total. The van der Waals surface area contributed by atoms with Gasteiger partial charge in [-0.2, -0.15) is 13.2 Å². The molecule has 0 saturated heterocycles. The van der Waals surface area contributed by atoms with Crippen LogP contribution in [0.4, 0.5) is 13.2 Å². The lowest BCUT2D eigenvalue weighted by Crippen LogP contribution is -2.14. The van der Waals surface area contributed by atoms with Crippen LogP contribution in [0.1, 0.15) is 31.9 Å². The highest BCUT2D eigenvalue weighted by Crippen LogP contribution is 2.38. The van der Waals surface area contributed by atoms with Crippen molar-refractivity contribution in [2.75, 3.05) is 6.26 Å². The summed E-state index contributed by atoms with van der Waals surface area (Å²) in [6, 6.07) is 4.57. The van der Waals surface area contributed by atoms with Gasteiger partial charge in [-0.15, -0.1) is 11.8 Å². The molecule has 1 rings (SSSR count). The van der Waals surface area contributed by atoms with E-state index in [4.69, 9.17) is 0 Å². The Balaban J connectivity index is 3.34. The lowest BCUT2D eigenvalue weighted by molar-refractivity contribution is -0.139. The van der Waals surface area contributed by atoms with Gasteiger partial charge in [0, 0.05) is 4.90 Å². The lowest BCUT2D eigenvalue weighted by Gasteiger charge is -2.21. The first kappa shape index (κ1) is 13.4. The van der Waals surface area contributed by atoms with Crippen LogP contribution >= 0.6 is 11.8 Å². The van der Waals surface area contributed by atoms with Crippen molar-refractivity contribution in [1.82, 2.24) is 0 Å². The van der Waals surface area contributed by atoms with Gasteiger partial charge in [-0.3, -0.25) is 0 Å². The van der Waals surface area contributed by atoms with Crippen molar-refractivity contribution in [3.05, 3.63) is 29.3 Å². The van der Waals surface area contributed by atoms with E-state index < -0.39 is 11.7 Å². The molecule has 0 heterocycles. The number of hydrogen-bond acceptors (Lipinski definition) is 1.